The number of nitrogens with one attached hydrogen (secondary N) is 2. The van der Waals surface area contributed by atoms with Gasteiger partial charge in [-0.15, -0.1) is 11.3 Å². The molecule has 0 aliphatic heterocycles. The number of ether oxygens (including phenoxy) is 2. The maximum atomic E-state index is 11.8. The molecule has 2 rings (SSSR count). The minimum atomic E-state index is -0.394. The number of hydrogen-bond donors (Lipinski definition) is 2. The van der Waals surface area contributed by atoms with Crippen LogP contribution in [0.2, 0.25) is 0 Å². The Morgan fingerprint density at radius 1 is 1.30 bits per heavy atom. The van der Waals surface area contributed by atoms with Gasteiger partial charge in [0.15, 0.2) is 5.11 Å². The van der Waals surface area contributed by atoms with Crippen LogP contribution in [0.3, 0.4) is 0 Å². The quantitative estimate of drug-likeness (QED) is 0.627. The van der Waals surface area contributed by atoms with Crippen LogP contribution in [0.1, 0.15) is 22.2 Å². The number of anilines is 2. The number of thiocarbonyl (C=S) groups is 1. The molecule has 0 bridgehead atoms. The highest BCUT2D eigenvalue weighted by Crippen LogP contribution is 2.29. The van der Waals surface area contributed by atoms with E-state index >= 15 is 0 Å². The Morgan fingerprint density at radius 2 is 2.04 bits per heavy atom. The first-order valence-electron chi connectivity index (χ1n) is 7.03. The Kier molecular flexibility index (Phi) is 5.95. The fraction of sp³-hybridized carbons (Fsp3) is 0.250. The van der Waals surface area contributed by atoms with Crippen molar-refractivity contribution < 1.29 is 14.3 Å². The number of methoxy groups -OCH3 is 1. The highest BCUT2D eigenvalue weighted by molar-refractivity contribution is 7.80. The number of thiophene rings is 1. The minimum absolute atomic E-state index is 0.379. The molecule has 2 aromatic rings. The normalized spacial score (nSPS) is 10.0. The monoisotopic (exact) mass is 350 g/mol. The van der Waals surface area contributed by atoms with Crippen LogP contribution in [0.5, 0.6) is 5.75 Å². The number of para-hydroxylation sites is 2. The summed E-state index contributed by atoms with van der Waals surface area (Å²) in [5, 5.41) is 7.17. The van der Waals surface area contributed by atoms with Gasteiger partial charge in [0.05, 0.1) is 25.0 Å². The molecule has 0 amide bonds. The average Bonchev–Trinajstić information content (AvgIpc) is 2.89. The van der Waals surface area contributed by atoms with E-state index in [4.69, 9.17) is 21.7 Å². The first-order chi connectivity index (χ1) is 11.0. The number of aryl methyl sites for hydroxylation is 1. The molecule has 2 N–H and O–H groups in total. The van der Waals surface area contributed by atoms with Crippen molar-refractivity contribution in [3.05, 3.63) is 40.8 Å². The molecule has 0 aliphatic carbocycles. The second-order valence-corrected chi connectivity index (χ2v) is 6.26. The molecule has 23 heavy (non-hydrogen) atoms. The van der Waals surface area contributed by atoms with Gasteiger partial charge in [0.1, 0.15) is 10.8 Å². The van der Waals surface area contributed by atoms with Crippen LogP contribution in [-0.4, -0.2) is 24.8 Å². The van der Waals surface area contributed by atoms with Crippen molar-refractivity contribution in [2.75, 3.05) is 24.4 Å². The zero-order chi connectivity index (χ0) is 16.8. The van der Waals surface area contributed by atoms with Crippen molar-refractivity contribution >= 4 is 45.3 Å². The van der Waals surface area contributed by atoms with Crippen molar-refractivity contribution in [1.29, 1.82) is 0 Å². The largest absolute Gasteiger partial charge is 0.492 e. The number of carbonyl (C=O) groups is 1. The zero-order valence-corrected chi connectivity index (χ0v) is 14.8. The third kappa shape index (κ3) is 4.43. The van der Waals surface area contributed by atoms with Gasteiger partial charge in [-0.1, -0.05) is 12.1 Å². The molecule has 7 heteroatoms. The third-order valence-corrected chi connectivity index (χ3v) is 4.09. The van der Waals surface area contributed by atoms with E-state index in [1.165, 1.54) is 18.4 Å². The summed E-state index contributed by atoms with van der Waals surface area (Å²) in [7, 11) is 1.36. The molecule has 0 aliphatic rings. The van der Waals surface area contributed by atoms with Gasteiger partial charge in [-0.05, 0) is 44.3 Å². The van der Waals surface area contributed by atoms with Crippen molar-refractivity contribution in [1.82, 2.24) is 0 Å². The lowest BCUT2D eigenvalue weighted by Gasteiger charge is -2.14. The van der Waals surface area contributed by atoms with E-state index in [9.17, 15) is 4.79 Å². The highest BCUT2D eigenvalue weighted by atomic mass is 32.1. The standard InChI is InChI=1S/C16H18N2O3S2/c1-4-21-13-8-6-5-7-12(13)17-16(22)18-14-11(15(19)20-3)9-10(2)23-14/h5-9H,4H2,1-3H3,(H2,17,18,22). The maximum Gasteiger partial charge on any atom is 0.340 e. The van der Waals surface area contributed by atoms with Crippen molar-refractivity contribution in [3.63, 3.8) is 0 Å². The molecular weight excluding hydrogens is 332 g/mol. The molecule has 5 nitrogen and oxygen atoms in total. The predicted octanol–water partition coefficient (Wildman–Crippen LogP) is 4.05. The fourth-order valence-electron chi connectivity index (χ4n) is 1.98. The van der Waals surface area contributed by atoms with Gasteiger partial charge < -0.3 is 20.1 Å². The number of esters is 1. The lowest BCUT2D eigenvalue weighted by Crippen LogP contribution is -2.20. The number of carbonyl (C=O) groups excluding carboxylic acids is 1. The molecule has 0 saturated heterocycles. The summed E-state index contributed by atoms with van der Waals surface area (Å²) in [6.07, 6.45) is 0. The van der Waals surface area contributed by atoms with Gasteiger partial charge in [0, 0.05) is 4.88 Å². The topological polar surface area (TPSA) is 59.6 Å². The zero-order valence-electron chi connectivity index (χ0n) is 13.1. The van der Waals surface area contributed by atoms with E-state index in [-0.39, 0.29) is 0 Å². The molecule has 0 unspecified atom stereocenters. The van der Waals surface area contributed by atoms with E-state index in [1.54, 1.807) is 6.07 Å². The summed E-state index contributed by atoms with van der Waals surface area (Å²) in [6, 6.07) is 9.30. The molecule has 1 aromatic carbocycles. The summed E-state index contributed by atoms with van der Waals surface area (Å²) >= 11 is 6.77. The average molecular weight is 350 g/mol. The molecule has 0 fully saturated rings. The molecular formula is C16H18N2O3S2. The van der Waals surface area contributed by atoms with Crippen LogP contribution in [0, 0.1) is 6.92 Å². The smallest absolute Gasteiger partial charge is 0.340 e. The van der Waals surface area contributed by atoms with Gasteiger partial charge in [-0.3, -0.25) is 0 Å². The summed E-state index contributed by atoms with van der Waals surface area (Å²) in [6.45, 7) is 4.41. The van der Waals surface area contributed by atoms with Gasteiger partial charge in [-0.25, -0.2) is 4.79 Å². The molecule has 122 valence electrons. The lowest BCUT2D eigenvalue weighted by molar-refractivity contribution is 0.0602. The molecule has 0 atom stereocenters. The first kappa shape index (κ1) is 17.2. The van der Waals surface area contributed by atoms with E-state index in [0.29, 0.717) is 22.3 Å². The molecule has 1 aromatic heterocycles. The summed E-state index contributed by atoms with van der Waals surface area (Å²) in [5.74, 6) is 0.323. The Morgan fingerprint density at radius 3 is 2.74 bits per heavy atom. The molecule has 0 saturated carbocycles. The number of hydrogen-bond acceptors (Lipinski definition) is 5. The predicted molar refractivity (Wildman–Crippen MR) is 97.8 cm³/mol. The van der Waals surface area contributed by atoms with Crippen LogP contribution in [0.4, 0.5) is 10.7 Å². The number of benzene rings is 1. The van der Waals surface area contributed by atoms with Gasteiger partial charge in [0.2, 0.25) is 0 Å². The third-order valence-electron chi connectivity index (χ3n) is 2.92. The highest BCUT2D eigenvalue weighted by Gasteiger charge is 2.16. The lowest BCUT2D eigenvalue weighted by atomic mass is 10.3. The van der Waals surface area contributed by atoms with Crippen molar-refractivity contribution in [3.8, 4) is 5.75 Å². The number of rotatable bonds is 5. The summed E-state index contributed by atoms with van der Waals surface area (Å²) in [5.41, 5.74) is 1.23. The Balaban J connectivity index is 2.13. The first-order valence-corrected chi connectivity index (χ1v) is 8.26. The molecule has 0 spiro atoms. The van der Waals surface area contributed by atoms with Gasteiger partial charge in [-0.2, -0.15) is 0 Å². The van der Waals surface area contributed by atoms with Crippen molar-refractivity contribution in [2.45, 2.75) is 13.8 Å². The Bertz CT molecular complexity index is 713. The van der Waals surface area contributed by atoms with E-state index < -0.39 is 5.97 Å². The van der Waals surface area contributed by atoms with E-state index in [2.05, 4.69) is 10.6 Å². The summed E-state index contributed by atoms with van der Waals surface area (Å²) < 4.78 is 10.3. The van der Waals surface area contributed by atoms with Crippen LogP contribution in [0.15, 0.2) is 30.3 Å². The van der Waals surface area contributed by atoms with Crippen molar-refractivity contribution in [2.24, 2.45) is 0 Å². The van der Waals surface area contributed by atoms with Gasteiger partial charge >= 0.3 is 5.97 Å². The molecule has 0 radical (unpaired) electrons. The van der Waals surface area contributed by atoms with E-state index in [0.717, 1.165) is 16.3 Å². The van der Waals surface area contributed by atoms with Crippen LogP contribution >= 0.6 is 23.6 Å². The van der Waals surface area contributed by atoms with Crippen LogP contribution in [-0.2, 0) is 4.74 Å². The second-order valence-electron chi connectivity index (χ2n) is 4.60. The minimum Gasteiger partial charge on any atom is -0.492 e. The second kappa shape index (κ2) is 7.94. The van der Waals surface area contributed by atoms with Gasteiger partial charge in [0.25, 0.3) is 0 Å². The molecule has 1 heterocycles. The summed E-state index contributed by atoms with van der Waals surface area (Å²) in [4.78, 5) is 12.8. The Labute approximate surface area is 144 Å². The SMILES string of the molecule is CCOc1ccccc1NC(=S)Nc1sc(C)cc1C(=O)OC. The Hall–Kier alpha value is -2.12. The van der Waals surface area contributed by atoms with E-state index in [1.807, 2.05) is 38.1 Å². The maximum absolute atomic E-state index is 11.8. The van der Waals surface area contributed by atoms with Crippen LogP contribution < -0.4 is 15.4 Å². The fourth-order valence-corrected chi connectivity index (χ4v) is 3.16. The van der Waals surface area contributed by atoms with Crippen LogP contribution in [0.25, 0.3) is 0 Å².